The van der Waals surface area contributed by atoms with Gasteiger partial charge in [0.25, 0.3) is 0 Å². The van der Waals surface area contributed by atoms with E-state index in [1.165, 1.54) is 79.2 Å². The van der Waals surface area contributed by atoms with Crippen molar-refractivity contribution in [1.82, 2.24) is 19.8 Å². The summed E-state index contributed by atoms with van der Waals surface area (Å²) in [6, 6.07) is 17.1. The zero-order valence-corrected chi connectivity index (χ0v) is 39.8. The first kappa shape index (κ1) is 45.6. The Labute approximate surface area is 389 Å². The molecule has 0 amide bonds. The first-order chi connectivity index (χ1) is 31.9. The highest BCUT2D eigenvalue weighted by atomic mass is 16.5. The third-order valence-corrected chi connectivity index (χ3v) is 15.7. The molecule has 4 N–H and O–H groups in total. The number of carboxylic acids is 2. The average molecular weight is 893 g/mol. The first-order valence-electron chi connectivity index (χ1n) is 24.5. The molecule has 2 aliphatic heterocycles. The van der Waals surface area contributed by atoms with Crippen LogP contribution >= 0.6 is 0 Å². The number of piperidine rings is 2. The second-order valence-corrected chi connectivity index (χ2v) is 19.9. The minimum absolute atomic E-state index is 0.295. The van der Waals surface area contributed by atoms with E-state index in [0.717, 1.165) is 113 Å². The molecule has 2 aliphatic carbocycles. The summed E-state index contributed by atoms with van der Waals surface area (Å²) in [5.74, 6) is 1.59. The molecular weight excluding hydrogens is 825 g/mol. The van der Waals surface area contributed by atoms with Crippen LogP contribution in [0.1, 0.15) is 154 Å². The van der Waals surface area contributed by atoms with Crippen LogP contribution in [0.4, 0.5) is 0 Å². The number of nitrogens with one attached hydrogen (secondary N) is 2. The van der Waals surface area contributed by atoms with E-state index in [0.29, 0.717) is 35.0 Å². The summed E-state index contributed by atoms with van der Waals surface area (Å²) in [6.45, 7) is 12.6. The molecule has 348 valence electrons. The molecule has 0 saturated carbocycles. The molecule has 0 unspecified atom stereocenters. The Morgan fingerprint density at radius 2 is 1.00 bits per heavy atom. The van der Waals surface area contributed by atoms with Crippen LogP contribution in [0, 0.1) is 25.7 Å². The van der Waals surface area contributed by atoms with Crippen molar-refractivity contribution in [3.05, 3.63) is 128 Å². The first-order valence-corrected chi connectivity index (χ1v) is 24.5. The number of carbonyl (C=O) groups is 2. The second kappa shape index (κ2) is 19.3. The van der Waals surface area contributed by atoms with Gasteiger partial charge in [-0.15, -0.1) is 0 Å². The van der Waals surface area contributed by atoms with Crippen molar-refractivity contribution in [2.45, 2.75) is 130 Å². The molecule has 6 aromatic rings. The smallest absolute Gasteiger partial charge is 0.335 e. The number of H-pyrrole nitrogens is 2. The number of fused-ring (bicyclic) bond motifs is 4. The molecule has 2 aromatic heterocycles. The Morgan fingerprint density at radius 3 is 1.38 bits per heavy atom. The fourth-order valence-electron chi connectivity index (χ4n) is 12.2. The maximum Gasteiger partial charge on any atom is 0.335 e. The number of hydrogen-bond acceptors (Lipinski definition) is 6. The Kier molecular flexibility index (Phi) is 13.3. The van der Waals surface area contributed by atoms with Crippen molar-refractivity contribution in [2.24, 2.45) is 11.8 Å². The highest BCUT2D eigenvalue weighted by Gasteiger charge is 2.35. The number of likely N-dealkylation sites (tertiary alicyclic amines) is 2. The van der Waals surface area contributed by atoms with E-state index in [1.54, 1.807) is 14.2 Å². The van der Waals surface area contributed by atoms with E-state index >= 15 is 0 Å². The van der Waals surface area contributed by atoms with Gasteiger partial charge < -0.3 is 29.7 Å². The van der Waals surface area contributed by atoms with Crippen LogP contribution in [-0.4, -0.2) is 69.2 Å². The molecule has 10 nitrogen and oxygen atoms in total. The predicted molar refractivity (Wildman–Crippen MR) is 262 cm³/mol. The maximum atomic E-state index is 11.9. The van der Waals surface area contributed by atoms with Crippen molar-refractivity contribution < 1.29 is 29.3 Å². The van der Waals surface area contributed by atoms with Gasteiger partial charge in [-0.25, -0.2) is 9.59 Å². The molecule has 0 radical (unpaired) electrons. The summed E-state index contributed by atoms with van der Waals surface area (Å²) < 4.78 is 11.7. The number of rotatable bonds is 10. The lowest BCUT2D eigenvalue weighted by molar-refractivity contribution is 0.0684. The van der Waals surface area contributed by atoms with Gasteiger partial charge in [-0.05, 0) is 197 Å². The van der Waals surface area contributed by atoms with Gasteiger partial charge in [-0.3, -0.25) is 9.80 Å². The molecule has 10 heteroatoms. The van der Waals surface area contributed by atoms with Crippen molar-refractivity contribution in [2.75, 3.05) is 27.3 Å². The van der Waals surface area contributed by atoms with Crippen molar-refractivity contribution in [1.29, 1.82) is 0 Å². The Hall–Kier alpha value is -5.58. The minimum atomic E-state index is -0.798. The summed E-state index contributed by atoms with van der Waals surface area (Å²) in [4.78, 5) is 35.8. The number of carboxylic acid groups (broad SMARTS) is 2. The van der Waals surface area contributed by atoms with Gasteiger partial charge in [-0.2, -0.15) is 0 Å². The molecule has 2 saturated heterocycles. The number of hydrogen-bond donors (Lipinski definition) is 4. The molecular formula is C56H68N4O6. The van der Waals surface area contributed by atoms with Crippen molar-refractivity contribution in [3.63, 3.8) is 0 Å². The Morgan fingerprint density at radius 1 is 0.606 bits per heavy atom. The van der Waals surface area contributed by atoms with Gasteiger partial charge in [0.1, 0.15) is 11.5 Å². The number of aromatic carboxylic acids is 2. The van der Waals surface area contributed by atoms with Gasteiger partial charge in [0.15, 0.2) is 0 Å². The molecule has 4 aromatic carbocycles. The summed E-state index contributed by atoms with van der Waals surface area (Å²) in [5, 5.41) is 22.0. The van der Waals surface area contributed by atoms with E-state index in [9.17, 15) is 19.8 Å². The lowest BCUT2D eigenvalue weighted by Gasteiger charge is -2.41. The highest BCUT2D eigenvalue weighted by Crippen LogP contribution is 2.44. The van der Waals surface area contributed by atoms with Crippen LogP contribution in [-0.2, 0) is 38.8 Å². The van der Waals surface area contributed by atoms with Crippen LogP contribution in [0.5, 0.6) is 11.5 Å². The molecule has 0 bridgehead atoms. The fourth-order valence-corrected chi connectivity index (χ4v) is 12.2. The maximum absolute atomic E-state index is 11.9. The average Bonchev–Trinajstić information content (AvgIpc) is 4.03. The summed E-state index contributed by atoms with van der Waals surface area (Å²) >= 11 is 0. The quantitative estimate of drug-likeness (QED) is 0.107. The molecule has 4 atom stereocenters. The van der Waals surface area contributed by atoms with Crippen LogP contribution in [0.25, 0.3) is 21.8 Å². The normalized spacial score (nSPS) is 21.2. The minimum Gasteiger partial charge on any atom is -0.496 e. The zero-order chi connectivity index (χ0) is 46.2. The molecule has 2 fully saturated rings. The fraction of sp³-hybridized carbons (Fsp3) is 0.464. The largest absolute Gasteiger partial charge is 0.496 e. The topological polar surface area (TPSA) is 131 Å². The van der Waals surface area contributed by atoms with E-state index in [2.05, 4.69) is 83.9 Å². The van der Waals surface area contributed by atoms with Crippen LogP contribution in [0.15, 0.2) is 60.9 Å². The third kappa shape index (κ3) is 8.74. The van der Waals surface area contributed by atoms with Gasteiger partial charge in [0, 0.05) is 70.5 Å². The van der Waals surface area contributed by atoms with Crippen molar-refractivity contribution in [3.8, 4) is 11.5 Å². The van der Waals surface area contributed by atoms with Gasteiger partial charge in [0.05, 0.1) is 25.3 Å². The SMILES string of the molecule is COc1cc(C)c2[nH]ccc2c1CN1CC[C@@H](C)C[C@@H]1c1ccc(C(=O)O)c2c1CCCC2.COc1cc(C)c2[nH]ccc2c1CN1CC[C@@H](C)C[C@H]1c1ccc(C(=O)O)c2c1CCCC2. The van der Waals surface area contributed by atoms with Gasteiger partial charge >= 0.3 is 11.9 Å². The molecule has 4 heterocycles. The molecule has 10 rings (SSSR count). The number of aromatic nitrogens is 2. The van der Waals surface area contributed by atoms with Crippen LogP contribution in [0.2, 0.25) is 0 Å². The third-order valence-electron chi connectivity index (χ3n) is 15.7. The number of ether oxygens (including phenoxy) is 2. The van der Waals surface area contributed by atoms with E-state index in [4.69, 9.17) is 9.47 Å². The number of aryl methyl sites for hydroxylation is 2. The Bertz CT molecular complexity index is 2580. The number of aromatic amines is 2. The standard InChI is InChI=1S/2C28H34N2O3/c2*1-17-11-13-30(16-24-22-10-12-29-27(22)18(2)15-26(24)33-3)25(14-17)21-8-9-23(28(31)32)20-7-5-4-6-19(20)21/h2*8-10,12,15,17,25,29H,4-7,11,13-14,16H2,1-3H3,(H,31,32)/t17-,25+;17-,25-/m11/s1. The van der Waals surface area contributed by atoms with Gasteiger partial charge in [0.2, 0.25) is 0 Å². The van der Waals surface area contributed by atoms with Gasteiger partial charge in [-0.1, -0.05) is 26.0 Å². The zero-order valence-electron chi connectivity index (χ0n) is 39.8. The van der Waals surface area contributed by atoms with Crippen LogP contribution in [0.3, 0.4) is 0 Å². The van der Waals surface area contributed by atoms with E-state index in [-0.39, 0.29) is 0 Å². The van der Waals surface area contributed by atoms with Crippen LogP contribution < -0.4 is 9.47 Å². The predicted octanol–water partition coefficient (Wildman–Crippen LogP) is 12.1. The van der Waals surface area contributed by atoms with E-state index < -0.39 is 11.9 Å². The summed E-state index contributed by atoms with van der Waals surface area (Å²) in [7, 11) is 3.51. The van der Waals surface area contributed by atoms with E-state index in [1.807, 2.05) is 24.5 Å². The molecule has 0 spiro atoms. The highest BCUT2D eigenvalue weighted by molar-refractivity contribution is 5.91. The summed E-state index contributed by atoms with van der Waals surface area (Å²) in [6.07, 6.45) is 16.7. The number of methoxy groups -OCH3 is 2. The number of nitrogens with zero attached hydrogens (tertiary/aromatic N) is 2. The lowest BCUT2D eigenvalue weighted by atomic mass is 9.79. The molecule has 66 heavy (non-hydrogen) atoms. The van der Waals surface area contributed by atoms with Crippen molar-refractivity contribution >= 4 is 33.7 Å². The Balaban J connectivity index is 0.000000166. The monoisotopic (exact) mass is 893 g/mol. The lowest BCUT2D eigenvalue weighted by Crippen LogP contribution is -2.36. The summed E-state index contributed by atoms with van der Waals surface area (Å²) in [5.41, 5.74) is 15.6. The number of benzene rings is 4. The second-order valence-electron chi connectivity index (χ2n) is 19.9. The molecule has 4 aliphatic rings.